The van der Waals surface area contributed by atoms with Crippen molar-refractivity contribution in [1.29, 1.82) is 0 Å². The van der Waals surface area contributed by atoms with Crippen molar-refractivity contribution in [3.05, 3.63) is 36.2 Å². The maximum absolute atomic E-state index is 11.5. The van der Waals surface area contributed by atoms with Gasteiger partial charge in [0.15, 0.2) is 5.82 Å². The number of carbonyl (C=O) groups is 1. The molecule has 1 aromatic heterocycles. The van der Waals surface area contributed by atoms with Gasteiger partial charge in [0.05, 0.1) is 6.54 Å². The number of amides is 1. The van der Waals surface area contributed by atoms with Crippen LogP contribution in [0.15, 0.2) is 34.9 Å². The van der Waals surface area contributed by atoms with Crippen LogP contribution in [0, 0.1) is 6.92 Å². The minimum absolute atomic E-state index is 0.113. The van der Waals surface area contributed by atoms with Gasteiger partial charge in [-0.25, -0.2) is 0 Å². The molecule has 0 aliphatic rings. The molecule has 0 spiro atoms. The molecule has 1 aromatic carbocycles. The zero-order valence-corrected chi connectivity index (χ0v) is 9.30. The molecule has 0 aliphatic heterocycles. The number of nitrogens with zero attached hydrogens (tertiary/aromatic N) is 2. The lowest BCUT2D eigenvalue weighted by atomic mass is 10.3. The Morgan fingerprint density at radius 3 is 2.76 bits per heavy atom. The Balaban J connectivity index is 1.82. The average molecular weight is 232 g/mol. The molecule has 0 saturated carbocycles. The van der Waals surface area contributed by atoms with Crippen LogP contribution in [0.1, 0.15) is 5.82 Å². The van der Waals surface area contributed by atoms with Crippen LogP contribution in [0.2, 0.25) is 0 Å². The second-order valence-electron chi connectivity index (χ2n) is 3.41. The largest absolute Gasteiger partial charge is 0.376 e. The molecule has 2 N–H and O–H groups in total. The van der Waals surface area contributed by atoms with E-state index < -0.39 is 0 Å². The van der Waals surface area contributed by atoms with E-state index in [2.05, 4.69) is 20.8 Å². The third kappa shape index (κ3) is 3.30. The number of benzene rings is 1. The fourth-order valence-corrected chi connectivity index (χ4v) is 1.25. The summed E-state index contributed by atoms with van der Waals surface area (Å²) in [7, 11) is 0. The first-order valence-electron chi connectivity index (χ1n) is 5.13. The number of para-hydroxylation sites is 1. The van der Waals surface area contributed by atoms with Crippen molar-refractivity contribution < 1.29 is 9.32 Å². The molecule has 0 radical (unpaired) electrons. The number of rotatable bonds is 4. The average Bonchev–Trinajstić information content (AvgIpc) is 2.73. The maximum atomic E-state index is 11.5. The zero-order valence-electron chi connectivity index (χ0n) is 9.30. The highest BCUT2D eigenvalue weighted by atomic mass is 16.5. The van der Waals surface area contributed by atoms with E-state index in [1.165, 1.54) is 0 Å². The van der Waals surface area contributed by atoms with Crippen molar-refractivity contribution in [3.8, 4) is 0 Å². The van der Waals surface area contributed by atoms with Gasteiger partial charge >= 0.3 is 6.01 Å². The number of aromatic nitrogens is 2. The summed E-state index contributed by atoms with van der Waals surface area (Å²) in [4.78, 5) is 15.4. The molecule has 2 aromatic rings. The summed E-state index contributed by atoms with van der Waals surface area (Å²) < 4.78 is 4.77. The van der Waals surface area contributed by atoms with Crippen LogP contribution in [0.3, 0.4) is 0 Å². The van der Waals surface area contributed by atoms with Gasteiger partial charge in [0.2, 0.25) is 5.91 Å². The highest BCUT2D eigenvalue weighted by molar-refractivity contribution is 5.91. The molecule has 0 fully saturated rings. The second-order valence-corrected chi connectivity index (χ2v) is 3.41. The summed E-state index contributed by atoms with van der Waals surface area (Å²) >= 11 is 0. The van der Waals surface area contributed by atoms with Gasteiger partial charge in [-0.1, -0.05) is 23.4 Å². The highest BCUT2D eigenvalue weighted by Crippen LogP contribution is 2.05. The third-order valence-corrected chi connectivity index (χ3v) is 2.00. The van der Waals surface area contributed by atoms with E-state index in [9.17, 15) is 4.79 Å². The fourth-order valence-electron chi connectivity index (χ4n) is 1.25. The highest BCUT2D eigenvalue weighted by Gasteiger charge is 2.07. The fraction of sp³-hybridized carbons (Fsp3) is 0.182. The maximum Gasteiger partial charge on any atom is 0.328 e. The molecule has 0 saturated heterocycles. The van der Waals surface area contributed by atoms with Crippen molar-refractivity contribution in [2.45, 2.75) is 6.92 Å². The summed E-state index contributed by atoms with van der Waals surface area (Å²) in [6, 6.07) is 9.56. The summed E-state index contributed by atoms with van der Waals surface area (Å²) in [5, 5.41) is 9.03. The smallest absolute Gasteiger partial charge is 0.328 e. The first kappa shape index (κ1) is 11.1. The first-order chi connectivity index (χ1) is 8.24. The van der Waals surface area contributed by atoms with Crippen molar-refractivity contribution in [3.63, 3.8) is 0 Å². The standard InChI is InChI=1S/C11H12N4O2/c1-8-13-11(17-15-8)14-10(16)7-12-9-5-3-2-4-6-9/h2-6,12H,7H2,1H3,(H,13,14,15,16). The van der Waals surface area contributed by atoms with E-state index >= 15 is 0 Å². The van der Waals surface area contributed by atoms with Gasteiger partial charge in [-0.3, -0.25) is 10.1 Å². The molecule has 0 bridgehead atoms. The Labute approximate surface area is 98.0 Å². The van der Waals surface area contributed by atoms with E-state index in [1.54, 1.807) is 6.92 Å². The molecule has 6 nitrogen and oxygen atoms in total. The molecule has 1 heterocycles. The minimum atomic E-state index is -0.238. The van der Waals surface area contributed by atoms with Gasteiger partial charge in [0, 0.05) is 5.69 Å². The number of hydrogen-bond donors (Lipinski definition) is 2. The van der Waals surface area contributed by atoms with Crippen LogP contribution in [0.25, 0.3) is 0 Å². The second kappa shape index (κ2) is 5.11. The Morgan fingerprint density at radius 1 is 1.35 bits per heavy atom. The predicted octanol–water partition coefficient (Wildman–Crippen LogP) is 1.43. The van der Waals surface area contributed by atoms with Crippen LogP contribution in [0.4, 0.5) is 11.7 Å². The monoisotopic (exact) mass is 232 g/mol. The molecule has 0 unspecified atom stereocenters. The Kier molecular flexibility index (Phi) is 3.34. The van der Waals surface area contributed by atoms with Gasteiger partial charge < -0.3 is 9.84 Å². The number of nitrogens with one attached hydrogen (secondary N) is 2. The Hall–Kier alpha value is -2.37. The molecule has 6 heteroatoms. The van der Waals surface area contributed by atoms with Crippen LogP contribution in [-0.2, 0) is 4.79 Å². The molecule has 1 amide bonds. The summed E-state index contributed by atoms with van der Waals surface area (Å²) in [5.41, 5.74) is 0.879. The van der Waals surface area contributed by atoms with Crippen LogP contribution < -0.4 is 10.6 Å². The Morgan fingerprint density at radius 2 is 2.12 bits per heavy atom. The van der Waals surface area contributed by atoms with Crippen molar-refractivity contribution in [2.75, 3.05) is 17.2 Å². The van der Waals surface area contributed by atoms with Gasteiger partial charge in [0.1, 0.15) is 0 Å². The number of anilines is 2. The minimum Gasteiger partial charge on any atom is -0.376 e. The van der Waals surface area contributed by atoms with E-state index in [1.807, 2.05) is 30.3 Å². The van der Waals surface area contributed by atoms with Crippen LogP contribution in [0.5, 0.6) is 0 Å². The van der Waals surface area contributed by atoms with E-state index in [0.29, 0.717) is 5.82 Å². The topological polar surface area (TPSA) is 80.0 Å². The Bertz CT molecular complexity index is 495. The van der Waals surface area contributed by atoms with Gasteiger partial charge in [0.25, 0.3) is 0 Å². The van der Waals surface area contributed by atoms with Gasteiger partial charge in [-0.15, -0.1) is 0 Å². The molecule has 0 atom stereocenters. The lowest BCUT2D eigenvalue weighted by molar-refractivity contribution is -0.114. The summed E-state index contributed by atoms with van der Waals surface area (Å²) in [6.07, 6.45) is 0. The molecule has 88 valence electrons. The van der Waals surface area contributed by atoms with E-state index in [0.717, 1.165) is 5.69 Å². The summed E-state index contributed by atoms with van der Waals surface area (Å²) in [6.45, 7) is 1.83. The molecular formula is C11H12N4O2. The van der Waals surface area contributed by atoms with Crippen molar-refractivity contribution in [1.82, 2.24) is 10.1 Å². The predicted molar refractivity (Wildman–Crippen MR) is 62.6 cm³/mol. The van der Waals surface area contributed by atoms with Crippen LogP contribution >= 0.6 is 0 Å². The lowest BCUT2D eigenvalue weighted by Gasteiger charge is -2.04. The SMILES string of the molecule is Cc1noc(NC(=O)CNc2ccccc2)n1. The quantitative estimate of drug-likeness (QED) is 0.833. The van der Waals surface area contributed by atoms with Crippen LogP contribution in [-0.4, -0.2) is 22.6 Å². The first-order valence-corrected chi connectivity index (χ1v) is 5.13. The number of aryl methyl sites for hydroxylation is 1. The molecular weight excluding hydrogens is 220 g/mol. The normalized spacial score (nSPS) is 9.94. The molecule has 2 rings (SSSR count). The van der Waals surface area contributed by atoms with Crippen molar-refractivity contribution in [2.24, 2.45) is 0 Å². The molecule has 0 aliphatic carbocycles. The lowest BCUT2D eigenvalue weighted by Crippen LogP contribution is -2.21. The third-order valence-electron chi connectivity index (χ3n) is 2.00. The van der Waals surface area contributed by atoms with E-state index in [-0.39, 0.29) is 18.5 Å². The van der Waals surface area contributed by atoms with Gasteiger partial charge in [-0.05, 0) is 19.1 Å². The number of carbonyl (C=O) groups excluding carboxylic acids is 1. The number of hydrogen-bond acceptors (Lipinski definition) is 5. The molecule has 17 heavy (non-hydrogen) atoms. The van der Waals surface area contributed by atoms with Gasteiger partial charge in [-0.2, -0.15) is 4.98 Å². The summed E-state index contributed by atoms with van der Waals surface area (Å²) in [5.74, 6) is 0.244. The van der Waals surface area contributed by atoms with Crippen molar-refractivity contribution >= 4 is 17.6 Å². The van der Waals surface area contributed by atoms with E-state index in [4.69, 9.17) is 4.52 Å². The zero-order chi connectivity index (χ0) is 12.1.